The number of carbonyl (C=O) groups excluding carboxylic acids is 1. The Labute approximate surface area is 123 Å². The van der Waals surface area contributed by atoms with E-state index in [1.807, 2.05) is 12.1 Å². The summed E-state index contributed by atoms with van der Waals surface area (Å²) < 4.78 is 0.116. The summed E-state index contributed by atoms with van der Waals surface area (Å²) in [6.45, 7) is 7.25. The van der Waals surface area contributed by atoms with Crippen molar-refractivity contribution in [1.29, 1.82) is 0 Å². The minimum absolute atomic E-state index is 0.0721. The smallest absolute Gasteiger partial charge is 0.230 e. The second-order valence-electron chi connectivity index (χ2n) is 4.95. The average molecular weight is 296 g/mol. The highest BCUT2D eigenvalue weighted by atomic mass is 32.2. The van der Waals surface area contributed by atoms with Crippen molar-refractivity contribution < 1.29 is 4.79 Å². The Morgan fingerprint density at radius 1 is 1.47 bits per heavy atom. The van der Waals surface area contributed by atoms with Crippen LogP contribution in [0, 0.1) is 11.8 Å². The number of nitrogens with one attached hydrogen (secondary N) is 1. The Hall–Kier alpha value is -0.960. The summed E-state index contributed by atoms with van der Waals surface area (Å²) in [6, 6.07) is 3.95. The Morgan fingerprint density at radius 3 is 2.84 bits per heavy atom. The van der Waals surface area contributed by atoms with Gasteiger partial charge in [0.15, 0.2) is 0 Å². The molecule has 0 aliphatic carbocycles. The monoisotopic (exact) mass is 296 g/mol. The van der Waals surface area contributed by atoms with Crippen LogP contribution in [-0.4, -0.2) is 23.0 Å². The van der Waals surface area contributed by atoms with Crippen molar-refractivity contribution in [2.45, 2.75) is 32.1 Å². The maximum absolute atomic E-state index is 11.7. The van der Waals surface area contributed by atoms with Gasteiger partial charge in [0.1, 0.15) is 0 Å². The van der Waals surface area contributed by atoms with Crippen LogP contribution in [0.4, 0.5) is 0 Å². The maximum atomic E-state index is 11.7. The van der Waals surface area contributed by atoms with Gasteiger partial charge in [-0.05, 0) is 12.1 Å². The lowest BCUT2D eigenvalue weighted by Crippen LogP contribution is -2.26. The lowest BCUT2D eigenvalue weighted by Gasteiger charge is -2.16. The Balaban J connectivity index is 2.36. The van der Waals surface area contributed by atoms with Crippen LogP contribution in [0.2, 0.25) is 0 Å². The molecule has 1 aromatic rings. The first-order valence-electron chi connectivity index (χ1n) is 6.09. The minimum atomic E-state index is 0.0721. The summed E-state index contributed by atoms with van der Waals surface area (Å²) in [5, 5.41) is 2.92. The molecular weight excluding hydrogens is 276 g/mol. The third-order valence-electron chi connectivity index (χ3n) is 2.07. The fourth-order valence-electron chi connectivity index (χ4n) is 1.20. The highest BCUT2D eigenvalue weighted by Crippen LogP contribution is 2.22. The van der Waals surface area contributed by atoms with E-state index in [9.17, 15) is 4.79 Å². The fraction of sp³-hybridized carbons (Fsp3) is 0.500. The van der Waals surface area contributed by atoms with Gasteiger partial charge in [-0.15, -0.1) is 23.1 Å². The second-order valence-corrected chi connectivity index (χ2v) is 7.92. The molecule has 0 unspecified atom stereocenters. The summed E-state index contributed by atoms with van der Waals surface area (Å²) in [5.41, 5.74) is 5.32. The quantitative estimate of drug-likeness (QED) is 0.838. The van der Waals surface area contributed by atoms with E-state index in [1.54, 1.807) is 23.1 Å². The summed E-state index contributed by atoms with van der Waals surface area (Å²) in [5.74, 6) is 6.37. The van der Waals surface area contributed by atoms with Crippen molar-refractivity contribution >= 4 is 29.0 Å². The van der Waals surface area contributed by atoms with Crippen LogP contribution < -0.4 is 11.1 Å². The number of nitrogens with two attached hydrogens (primary N) is 1. The normalized spacial score (nSPS) is 10.7. The molecule has 1 heterocycles. The van der Waals surface area contributed by atoms with Crippen LogP contribution in [0.3, 0.4) is 0 Å². The van der Waals surface area contributed by atoms with Crippen molar-refractivity contribution in [3.05, 3.63) is 21.9 Å². The number of thioether (sulfide) groups is 1. The molecule has 0 radical (unpaired) electrons. The van der Waals surface area contributed by atoms with E-state index in [0.29, 0.717) is 18.8 Å². The van der Waals surface area contributed by atoms with Gasteiger partial charge in [0.25, 0.3) is 0 Å². The van der Waals surface area contributed by atoms with Gasteiger partial charge in [-0.3, -0.25) is 4.79 Å². The molecule has 0 saturated carbocycles. The molecule has 1 amide bonds. The van der Waals surface area contributed by atoms with Crippen LogP contribution in [0.25, 0.3) is 0 Å². The third kappa shape index (κ3) is 7.26. The number of carbonyl (C=O) groups is 1. The molecule has 104 valence electrons. The Morgan fingerprint density at radius 2 is 2.21 bits per heavy atom. The van der Waals surface area contributed by atoms with Crippen LogP contribution in [0.1, 0.15) is 30.5 Å². The summed E-state index contributed by atoms with van der Waals surface area (Å²) >= 11 is 3.24. The first-order chi connectivity index (χ1) is 8.90. The van der Waals surface area contributed by atoms with E-state index in [4.69, 9.17) is 5.73 Å². The average Bonchev–Trinajstić information content (AvgIpc) is 2.78. The summed E-state index contributed by atoms with van der Waals surface area (Å²) in [6.07, 6.45) is 0. The summed E-state index contributed by atoms with van der Waals surface area (Å²) in [7, 11) is 0. The zero-order valence-corrected chi connectivity index (χ0v) is 13.2. The highest BCUT2D eigenvalue weighted by Gasteiger charge is 2.13. The van der Waals surface area contributed by atoms with E-state index in [-0.39, 0.29) is 10.7 Å². The van der Waals surface area contributed by atoms with Crippen molar-refractivity contribution in [3.63, 3.8) is 0 Å². The zero-order chi connectivity index (χ0) is 14.3. The van der Waals surface area contributed by atoms with Crippen molar-refractivity contribution in [2.24, 2.45) is 5.73 Å². The molecule has 19 heavy (non-hydrogen) atoms. The predicted molar refractivity (Wildman–Crippen MR) is 84.3 cm³/mol. The molecule has 1 aromatic heterocycles. The van der Waals surface area contributed by atoms with Gasteiger partial charge < -0.3 is 11.1 Å². The Bertz CT molecular complexity index is 478. The second kappa shape index (κ2) is 7.59. The molecular formula is C14H20N2OS2. The van der Waals surface area contributed by atoms with E-state index < -0.39 is 0 Å². The fourth-order valence-corrected chi connectivity index (χ4v) is 2.69. The molecule has 0 aliphatic rings. The molecule has 0 aromatic carbocycles. The van der Waals surface area contributed by atoms with Gasteiger partial charge in [0, 0.05) is 9.62 Å². The standard InChI is InChI=1S/C14H20N2OS2/c1-14(2,3)18-10-13(17)16-9-12-7-6-11(19-12)5-4-8-15/h6-7H,8-10,15H2,1-3H3,(H,16,17). The lowest BCUT2D eigenvalue weighted by molar-refractivity contribution is -0.118. The molecule has 0 saturated heterocycles. The van der Waals surface area contributed by atoms with Gasteiger partial charge in [0.2, 0.25) is 5.91 Å². The Kier molecular flexibility index (Phi) is 6.43. The minimum Gasteiger partial charge on any atom is -0.350 e. The molecule has 0 fully saturated rings. The first kappa shape index (κ1) is 16.1. The van der Waals surface area contributed by atoms with Crippen molar-refractivity contribution in [2.75, 3.05) is 12.3 Å². The molecule has 0 aliphatic heterocycles. The number of hydrogen-bond donors (Lipinski definition) is 2. The van der Waals surface area contributed by atoms with Crippen molar-refractivity contribution in [3.8, 4) is 11.8 Å². The van der Waals surface area contributed by atoms with E-state index in [0.717, 1.165) is 9.75 Å². The number of rotatable bonds is 4. The SMILES string of the molecule is CC(C)(C)SCC(=O)NCc1ccc(C#CCN)s1. The summed E-state index contributed by atoms with van der Waals surface area (Å²) in [4.78, 5) is 13.8. The molecule has 0 atom stereocenters. The number of amides is 1. The molecule has 3 N–H and O–H groups in total. The molecule has 3 nitrogen and oxygen atoms in total. The largest absolute Gasteiger partial charge is 0.350 e. The van der Waals surface area contributed by atoms with Crippen LogP contribution >= 0.6 is 23.1 Å². The molecule has 0 spiro atoms. The number of hydrogen-bond acceptors (Lipinski definition) is 4. The number of thiophene rings is 1. The van der Waals surface area contributed by atoms with Gasteiger partial charge in [-0.25, -0.2) is 0 Å². The third-order valence-corrected chi connectivity index (χ3v) is 4.34. The van der Waals surface area contributed by atoms with Crippen LogP contribution in [0.15, 0.2) is 12.1 Å². The van der Waals surface area contributed by atoms with E-state index >= 15 is 0 Å². The molecule has 5 heteroatoms. The van der Waals surface area contributed by atoms with Gasteiger partial charge in [-0.2, -0.15) is 0 Å². The van der Waals surface area contributed by atoms with Gasteiger partial charge in [0.05, 0.1) is 23.7 Å². The van der Waals surface area contributed by atoms with Crippen LogP contribution in [-0.2, 0) is 11.3 Å². The predicted octanol–water partition coefficient (Wildman–Crippen LogP) is 2.21. The van der Waals surface area contributed by atoms with Gasteiger partial charge >= 0.3 is 0 Å². The first-order valence-corrected chi connectivity index (χ1v) is 7.89. The van der Waals surface area contributed by atoms with E-state index in [1.165, 1.54) is 0 Å². The zero-order valence-electron chi connectivity index (χ0n) is 11.6. The molecule has 1 rings (SSSR count). The van der Waals surface area contributed by atoms with E-state index in [2.05, 4.69) is 37.9 Å². The van der Waals surface area contributed by atoms with Crippen LogP contribution in [0.5, 0.6) is 0 Å². The maximum Gasteiger partial charge on any atom is 0.230 e. The topological polar surface area (TPSA) is 55.1 Å². The molecule has 0 bridgehead atoms. The lowest BCUT2D eigenvalue weighted by atomic mass is 10.3. The highest BCUT2D eigenvalue weighted by molar-refractivity contribution is 8.01. The van der Waals surface area contributed by atoms with Gasteiger partial charge in [-0.1, -0.05) is 32.6 Å². The van der Waals surface area contributed by atoms with Crippen molar-refractivity contribution in [1.82, 2.24) is 5.32 Å².